The maximum Gasteiger partial charge on any atom is 0.296 e. The summed E-state index contributed by atoms with van der Waals surface area (Å²) in [6, 6.07) is 4.35. The van der Waals surface area contributed by atoms with E-state index in [9.17, 15) is 39.5 Å². The number of benzene rings is 3. The highest BCUT2D eigenvalue weighted by molar-refractivity contribution is 7.94. The van der Waals surface area contributed by atoms with Crippen LogP contribution in [-0.2, 0) is 53.0 Å². The average molecular weight is 734 g/mol. The van der Waals surface area contributed by atoms with Crippen molar-refractivity contribution in [3.63, 3.8) is 0 Å². The maximum atomic E-state index is 12.6. The molecule has 0 saturated carbocycles. The topological polar surface area (TPSA) is 325 Å². The number of nitrogen functional groups attached to an aromatic ring is 1. The summed E-state index contributed by atoms with van der Waals surface area (Å²) in [4.78, 5) is -2.60. The van der Waals surface area contributed by atoms with E-state index in [1.165, 1.54) is 0 Å². The summed E-state index contributed by atoms with van der Waals surface area (Å²) in [5.74, 6) is -1.60. The van der Waals surface area contributed by atoms with Crippen LogP contribution in [0.5, 0.6) is 5.75 Å². The first kappa shape index (κ1) is 36.4. The quantitative estimate of drug-likeness (QED) is 0.0245. The molecule has 246 valence electrons. The van der Waals surface area contributed by atoms with Gasteiger partial charge in [-0.1, -0.05) is 10.1 Å². The Morgan fingerprint density at radius 3 is 2.11 bits per heavy atom. The van der Waals surface area contributed by atoms with Gasteiger partial charge in [0.2, 0.25) is 0 Å². The predicted octanol–water partition coefficient (Wildman–Crippen LogP) is 3.95. The molecule has 0 aromatic heterocycles. The molecule has 21 nitrogen and oxygen atoms in total. The highest BCUT2D eigenvalue weighted by atomic mass is 32.2. The highest BCUT2D eigenvalue weighted by Crippen LogP contribution is 2.49. The normalized spacial score (nSPS) is 13.0. The molecule has 3 rings (SSSR count). The Kier molecular flexibility index (Phi) is 12.1. The Bertz CT molecular complexity index is 1970. The van der Waals surface area contributed by atoms with E-state index in [-0.39, 0.29) is 45.7 Å². The van der Waals surface area contributed by atoms with Gasteiger partial charge in [-0.15, -0.1) is 18.9 Å². The van der Waals surface area contributed by atoms with Gasteiger partial charge in [0, 0.05) is 17.3 Å². The Morgan fingerprint density at radius 1 is 0.867 bits per heavy atom. The number of hydrogen-bond acceptors (Lipinski definition) is 21. The summed E-state index contributed by atoms with van der Waals surface area (Å²) >= 11 is 0.366. The standard InChI is InChI=1S/C19H19N5O16S5/c1-21-24-18-15(45(33,34)35)7-10-13(41-39-37-26)8-12(17(20)16(10)19(18)25)23-22-11-3-2-9(6-14(11)44(30,31)32)43(28,29)5-4-36-42-40-38-27/h2-3,6-8,25-27H,4-5,20H2,1H3,(H,30,31,32)(H,33,34,35)/b23-22+,24-21+. The van der Waals surface area contributed by atoms with Crippen molar-refractivity contribution in [3.8, 4) is 5.75 Å². The molecular formula is C19H19N5O16S5. The molecule has 0 spiro atoms. The van der Waals surface area contributed by atoms with Crippen molar-refractivity contribution in [2.75, 3.05) is 25.1 Å². The van der Waals surface area contributed by atoms with Gasteiger partial charge in [-0.3, -0.25) is 13.3 Å². The van der Waals surface area contributed by atoms with E-state index in [2.05, 4.69) is 43.4 Å². The lowest BCUT2D eigenvalue weighted by Gasteiger charge is -2.14. The van der Waals surface area contributed by atoms with E-state index in [0.29, 0.717) is 6.07 Å². The van der Waals surface area contributed by atoms with Crippen molar-refractivity contribution in [2.45, 2.75) is 19.6 Å². The Labute approximate surface area is 261 Å². The van der Waals surface area contributed by atoms with Gasteiger partial charge in [-0.05, 0) is 30.3 Å². The van der Waals surface area contributed by atoms with Crippen molar-refractivity contribution in [3.05, 3.63) is 30.3 Å². The molecule has 0 heterocycles. The Hall–Kier alpha value is -3.09. The number of anilines is 1. The lowest BCUT2D eigenvalue weighted by atomic mass is 10.0. The molecule has 0 bridgehead atoms. The lowest BCUT2D eigenvalue weighted by molar-refractivity contribution is -0.434. The summed E-state index contributed by atoms with van der Waals surface area (Å²) in [5.41, 5.74) is 4.12. The average Bonchev–Trinajstić information content (AvgIpc) is 2.96. The maximum absolute atomic E-state index is 12.6. The molecule has 7 N–H and O–H groups in total. The minimum Gasteiger partial charge on any atom is -0.505 e. The van der Waals surface area contributed by atoms with Gasteiger partial charge in [0.05, 0.1) is 40.4 Å². The zero-order chi connectivity index (χ0) is 33.6. The number of azo groups is 2. The van der Waals surface area contributed by atoms with E-state index >= 15 is 0 Å². The molecule has 0 aliphatic heterocycles. The third-order valence-corrected chi connectivity index (χ3v) is 9.78. The molecule has 0 radical (unpaired) electrons. The van der Waals surface area contributed by atoms with Crippen molar-refractivity contribution >= 4 is 88.0 Å². The fraction of sp³-hybridized carbons (Fsp3) is 0.158. The number of phenols is 1. The molecule has 3 aromatic carbocycles. The van der Waals surface area contributed by atoms with E-state index < -0.39 is 79.9 Å². The van der Waals surface area contributed by atoms with E-state index in [1.807, 2.05) is 0 Å². The molecule has 0 unspecified atom stereocenters. The number of sulfone groups is 1. The number of aromatic hydroxyl groups is 1. The second-order valence-electron chi connectivity index (χ2n) is 7.96. The third kappa shape index (κ3) is 8.80. The Balaban J connectivity index is 2.19. The Morgan fingerprint density at radius 2 is 1.51 bits per heavy atom. The van der Waals surface area contributed by atoms with Crippen LogP contribution < -0.4 is 5.73 Å². The van der Waals surface area contributed by atoms with E-state index in [1.54, 1.807) is 0 Å². The van der Waals surface area contributed by atoms with E-state index in [0.717, 1.165) is 31.3 Å². The number of rotatable bonds is 15. The largest absolute Gasteiger partial charge is 0.505 e. The fourth-order valence-corrected chi connectivity index (χ4v) is 6.84. The van der Waals surface area contributed by atoms with Gasteiger partial charge in [0.15, 0.2) is 27.9 Å². The zero-order valence-electron chi connectivity index (χ0n) is 21.9. The molecule has 26 heteroatoms. The van der Waals surface area contributed by atoms with Gasteiger partial charge in [-0.2, -0.15) is 27.1 Å². The van der Waals surface area contributed by atoms with E-state index in [4.69, 9.17) is 16.2 Å². The summed E-state index contributed by atoms with van der Waals surface area (Å²) < 4.78 is 106. The van der Waals surface area contributed by atoms with Crippen LogP contribution in [0.2, 0.25) is 0 Å². The van der Waals surface area contributed by atoms with Crippen LogP contribution in [0, 0.1) is 0 Å². The van der Waals surface area contributed by atoms with Gasteiger partial charge < -0.3 is 10.8 Å². The molecule has 0 atom stereocenters. The minimum absolute atomic E-state index is 0.114. The van der Waals surface area contributed by atoms with Crippen LogP contribution in [0.25, 0.3) is 10.8 Å². The van der Waals surface area contributed by atoms with Crippen molar-refractivity contribution in [1.29, 1.82) is 0 Å². The number of hydrogen-bond donors (Lipinski definition) is 6. The number of nitrogens with two attached hydrogens (primary N) is 1. The van der Waals surface area contributed by atoms with Crippen LogP contribution in [-0.4, -0.2) is 69.4 Å². The summed E-state index contributed by atoms with van der Waals surface area (Å²) in [6.07, 6.45) is 0. The summed E-state index contributed by atoms with van der Waals surface area (Å²) in [6.45, 7) is -0.494. The highest BCUT2D eigenvalue weighted by Gasteiger charge is 2.27. The number of phenolic OH excluding ortho intramolecular Hbond substituents is 1. The number of nitrogens with zero attached hydrogens (tertiary/aromatic N) is 4. The molecule has 0 aliphatic rings. The second kappa shape index (κ2) is 15.0. The van der Waals surface area contributed by atoms with Crippen LogP contribution in [0.15, 0.2) is 70.4 Å². The molecule has 0 aliphatic carbocycles. The van der Waals surface area contributed by atoms with Gasteiger partial charge in [-0.25, -0.2) is 18.9 Å². The monoisotopic (exact) mass is 733 g/mol. The third-order valence-electron chi connectivity index (χ3n) is 5.33. The van der Waals surface area contributed by atoms with Crippen LogP contribution in [0.4, 0.5) is 22.7 Å². The molecule has 3 aromatic rings. The molecule has 0 saturated heterocycles. The SMILES string of the molecule is C/N=N/c1c(S(=O)(=O)O)cc2c(SOOO)cc(/N=N/c3ccc(S(=O)(=O)CCOSOOO)cc3S(=O)(=O)O)c(N)c2c1O. The lowest BCUT2D eigenvalue weighted by Crippen LogP contribution is -2.12. The van der Waals surface area contributed by atoms with Crippen LogP contribution >= 0.6 is 24.4 Å². The second-order valence-corrected chi connectivity index (χ2v) is 14.1. The van der Waals surface area contributed by atoms with Crippen LogP contribution in [0.3, 0.4) is 0 Å². The van der Waals surface area contributed by atoms with Crippen molar-refractivity contribution in [1.82, 2.24) is 0 Å². The van der Waals surface area contributed by atoms with Crippen molar-refractivity contribution < 1.29 is 72.9 Å². The first-order valence-electron chi connectivity index (χ1n) is 11.1. The minimum atomic E-state index is -5.12. The van der Waals surface area contributed by atoms with Gasteiger partial charge in [0.1, 0.15) is 26.9 Å². The van der Waals surface area contributed by atoms with Crippen molar-refractivity contribution in [2.24, 2.45) is 20.5 Å². The van der Waals surface area contributed by atoms with Crippen LogP contribution in [0.1, 0.15) is 0 Å². The smallest absolute Gasteiger partial charge is 0.296 e. The summed E-state index contributed by atoms with van der Waals surface area (Å²) in [7, 11) is -13.2. The summed E-state index contributed by atoms with van der Waals surface area (Å²) in [5, 5.41) is 48.3. The number of fused-ring (bicyclic) bond motifs is 1. The first-order chi connectivity index (χ1) is 21.1. The molecule has 45 heavy (non-hydrogen) atoms. The molecule has 0 amide bonds. The predicted molar refractivity (Wildman–Crippen MR) is 152 cm³/mol. The van der Waals surface area contributed by atoms with Gasteiger partial charge >= 0.3 is 0 Å². The van der Waals surface area contributed by atoms with Gasteiger partial charge in [0.25, 0.3) is 20.2 Å². The first-order valence-corrected chi connectivity index (χ1v) is 17.1. The zero-order valence-corrected chi connectivity index (χ0v) is 26.0. The molecule has 0 fully saturated rings. The fourth-order valence-electron chi connectivity index (χ4n) is 3.52. The molecular weight excluding hydrogens is 715 g/mol.